The largest absolute Gasteiger partial charge is 0.351 e. The Morgan fingerprint density at radius 1 is 1.04 bits per heavy atom. The summed E-state index contributed by atoms with van der Waals surface area (Å²) in [7, 11) is -3.76. The van der Waals surface area contributed by atoms with Crippen LogP contribution in [0.2, 0.25) is 0 Å². The summed E-state index contributed by atoms with van der Waals surface area (Å²) in [5.74, 6) is -0.933. The first-order chi connectivity index (χ1) is 12.5. The van der Waals surface area contributed by atoms with E-state index in [4.69, 9.17) is 0 Å². The zero-order chi connectivity index (χ0) is 18.6. The average molecular weight is 376 g/mol. The predicted molar refractivity (Wildman–Crippen MR) is 96.5 cm³/mol. The molecule has 0 heterocycles. The molecule has 0 aliphatic heterocycles. The third kappa shape index (κ3) is 4.47. The highest BCUT2D eigenvalue weighted by molar-refractivity contribution is 7.89. The molecule has 2 N–H and O–H groups in total. The Hall–Kier alpha value is -2.25. The van der Waals surface area contributed by atoms with Crippen LogP contribution in [-0.2, 0) is 34.2 Å². The molecule has 3 rings (SSSR count). The first kappa shape index (κ1) is 18.5. The minimum Gasteiger partial charge on any atom is -0.351 e. The summed E-state index contributed by atoms with van der Waals surface area (Å²) in [5, 5.41) is 2.51. The van der Waals surface area contributed by atoms with Crippen LogP contribution in [-0.4, -0.2) is 20.9 Å². The van der Waals surface area contributed by atoms with E-state index in [2.05, 4.69) is 10.0 Å². The Balaban J connectivity index is 1.58. The fraction of sp³-hybridized carbons (Fsp3) is 0.316. The van der Waals surface area contributed by atoms with E-state index in [0.717, 1.165) is 31.2 Å². The van der Waals surface area contributed by atoms with Crippen LogP contribution in [0.15, 0.2) is 47.4 Å². The van der Waals surface area contributed by atoms with E-state index >= 15 is 0 Å². The van der Waals surface area contributed by atoms with Crippen LogP contribution in [0.4, 0.5) is 4.39 Å². The van der Waals surface area contributed by atoms with Crippen LogP contribution in [0.3, 0.4) is 0 Å². The topological polar surface area (TPSA) is 75.3 Å². The number of aryl methyl sites for hydroxylation is 2. The van der Waals surface area contributed by atoms with Crippen molar-refractivity contribution in [3.63, 3.8) is 0 Å². The predicted octanol–water partition coefficient (Wildman–Crippen LogP) is 2.30. The molecule has 0 unspecified atom stereocenters. The molecule has 7 heteroatoms. The number of amides is 1. The van der Waals surface area contributed by atoms with Crippen molar-refractivity contribution in [2.45, 2.75) is 37.1 Å². The number of nitrogens with one attached hydrogen (secondary N) is 2. The number of sulfonamides is 1. The molecule has 0 saturated heterocycles. The summed E-state index contributed by atoms with van der Waals surface area (Å²) >= 11 is 0. The van der Waals surface area contributed by atoms with Gasteiger partial charge in [-0.3, -0.25) is 4.79 Å². The van der Waals surface area contributed by atoms with Gasteiger partial charge in [-0.1, -0.05) is 24.3 Å². The molecule has 2 aromatic carbocycles. The molecule has 0 aromatic heterocycles. The van der Waals surface area contributed by atoms with Gasteiger partial charge in [0.2, 0.25) is 15.9 Å². The molecule has 138 valence electrons. The van der Waals surface area contributed by atoms with E-state index < -0.39 is 28.3 Å². The van der Waals surface area contributed by atoms with Crippen molar-refractivity contribution in [1.29, 1.82) is 0 Å². The molecule has 5 nitrogen and oxygen atoms in total. The Morgan fingerprint density at radius 2 is 1.77 bits per heavy atom. The quantitative estimate of drug-likeness (QED) is 0.812. The molecule has 1 aliphatic rings. The molecule has 0 bridgehead atoms. The summed E-state index contributed by atoms with van der Waals surface area (Å²) in [6.07, 6.45) is 4.03. The normalized spacial score (nSPS) is 13.9. The van der Waals surface area contributed by atoms with E-state index in [1.165, 1.54) is 11.6 Å². The number of benzene rings is 2. The monoisotopic (exact) mass is 376 g/mol. The minimum atomic E-state index is -3.76. The Kier molecular flexibility index (Phi) is 5.68. The molecule has 1 amide bonds. The lowest BCUT2D eigenvalue weighted by atomic mass is 9.92. The number of fused-ring (bicyclic) bond motifs is 1. The van der Waals surface area contributed by atoms with Gasteiger partial charge in [-0.25, -0.2) is 17.5 Å². The molecular formula is C19H21FN2O3S. The Labute approximate surface area is 152 Å². The van der Waals surface area contributed by atoms with Gasteiger partial charge in [-0.15, -0.1) is 0 Å². The van der Waals surface area contributed by atoms with E-state index in [-0.39, 0.29) is 11.4 Å². The van der Waals surface area contributed by atoms with E-state index in [1.54, 1.807) is 30.3 Å². The van der Waals surface area contributed by atoms with Crippen LogP contribution >= 0.6 is 0 Å². The van der Waals surface area contributed by atoms with Crippen molar-refractivity contribution in [2.75, 3.05) is 6.54 Å². The van der Waals surface area contributed by atoms with E-state index in [9.17, 15) is 17.6 Å². The van der Waals surface area contributed by atoms with Gasteiger partial charge >= 0.3 is 0 Å². The second kappa shape index (κ2) is 7.97. The molecule has 0 atom stereocenters. The lowest BCUT2D eigenvalue weighted by Crippen LogP contribution is -2.36. The second-order valence-corrected chi connectivity index (χ2v) is 8.10. The van der Waals surface area contributed by atoms with Crippen LogP contribution in [0.1, 0.15) is 29.5 Å². The molecular weight excluding hydrogens is 355 g/mol. The van der Waals surface area contributed by atoms with Crippen molar-refractivity contribution >= 4 is 15.9 Å². The first-order valence-corrected chi connectivity index (χ1v) is 10.1. The molecule has 2 aromatic rings. The summed E-state index contributed by atoms with van der Waals surface area (Å²) < 4.78 is 40.6. The van der Waals surface area contributed by atoms with Crippen molar-refractivity contribution < 1.29 is 17.6 Å². The highest BCUT2D eigenvalue weighted by Gasteiger charge is 2.18. The summed E-state index contributed by atoms with van der Waals surface area (Å²) in [6, 6.07) is 11.2. The standard InChI is InChI=1S/C19H21FN2O3S/c20-18-8-4-3-7-16(18)12-21-19(23)13-22-26(24,25)17-10-9-14-5-1-2-6-15(14)11-17/h3-4,7-11,22H,1-2,5-6,12-13H2,(H,21,23). The number of hydrogen-bond donors (Lipinski definition) is 2. The van der Waals surface area contributed by atoms with Gasteiger partial charge < -0.3 is 5.32 Å². The first-order valence-electron chi connectivity index (χ1n) is 8.57. The lowest BCUT2D eigenvalue weighted by molar-refractivity contribution is -0.120. The third-order valence-corrected chi connectivity index (χ3v) is 5.89. The van der Waals surface area contributed by atoms with E-state index in [1.807, 2.05) is 6.07 Å². The SMILES string of the molecule is O=C(CNS(=O)(=O)c1ccc2c(c1)CCCC2)NCc1ccccc1F. The Morgan fingerprint density at radius 3 is 2.54 bits per heavy atom. The summed E-state index contributed by atoms with van der Waals surface area (Å²) in [6.45, 7) is -0.389. The molecule has 26 heavy (non-hydrogen) atoms. The molecule has 0 radical (unpaired) electrons. The molecule has 0 saturated carbocycles. The van der Waals surface area contributed by atoms with Crippen molar-refractivity contribution in [2.24, 2.45) is 0 Å². The zero-order valence-electron chi connectivity index (χ0n) is 14.3. The lowest BCUT2D eigenvalue weighted by Gasteiger charge is -2.16. The number of carbonyl (C=O) groups is 1. The zero-order valence-corrected chi connectivity index (χ0v) is 15.1. The summed E-state index contributed by atoms with van der Waals surface area (Å²) in [5.41, 5.74) is 2.60. The van der Waals surface area contributed by atoms with Gasteiger partial charge in [0.1, 0.15) is 5.82 Å². The number of halogens is 1. The average Bonchev–Trinajstić information content (AvgIpc) is 2.65. The smallest absolute Gasteiger partial charge is 0.241 e. The van der Waals surface area contributed by atoms with E-state index in [0.29, 0.717) is 5.56 Å². The molecule has 0 fully saturated rings. The maximum atomic E-state index is 13.5. The fourth-order valence-electron chi connectivity index (χ4n) is 3.02. The van der Waals surface area contributed by atoms with Gasteiger partial charge in [-0.2, -0.15) is 0 Å². The van der Waals surface area contributed by atoms with Gasteiger partial charge in [-0.05, 0) is 55.0 Å². The van der Waals surface area contributed by atoms with Crippen LogP contribution < -0.4 is 10.0 Å². The molecule has 0 spiro atoms. The van der Waals surface area contributed by atoms with Crippen LogP contribution in [0, 0.1) is 5.82 Å². The van der Waals surface area contributed by atoms with Gasteiger partial charge in [0, 0.05) is 12.1 Å². The number of rotatable bonds is 6. The highest BCUT2D eigenvalue weighted by atomic mass is 32.2. The van der Waals surface area contributed by atoms with Gasteiger partial charge in [0.25, 0.3) is 0 Å². The fourth-order valence-corrected chi connectivity index (χ4v) is 4.05. The van der Waals surface area contributed by atoms with Crippen LogP contribution in [0.25, 0.3) is 0 Å². The highest BCUT2D eigenvalue weighted by Crippen LogP contribution is 2.23. The summed E-state index contributed by atoms with van der Waals surface area (Å²) in [4.78, 5) is 12.0. The van der Waals surface area contributed by atoms with Crippen molar-refractivity contribution in [3.05, 3.63) is 65.0 Å². The van der Waals surface area contributed by atoms with Crippen LogP contribution in [0.5, 0.6) is 0 Å². The maximum absolute atomic E-state index is 13.5. The third-order valence-electron chi connectivity index (χ3n) is 4.49. The van der Waals surface area contributed by atoms with Gasteiger partial charge in [0.05, 0.1) is 11.4 Å². The Bertz CT molecular complexity index is 913. The molecule has 1 aliphatic carbocycles. The van der Waals surface area contributed by atoms with Crippen molar-refractivity contribution in [1.82, 2.24) is 10.0 Å². The van der Waals surface area contributed by atoms with Crippen molar-refractivity contribution in [3.8, 4) is 0 Å². The number of carbonyl (C=O) groups excluding carboxylic acids is 1. The number of hydrogen-bond acceptors (Lipinski definition) is 3. The minimum absolute atomic E-state index is 0.00603. The van der Waals surface area contributed by atoms with Gasteiger partial charge in [0.15, 0.2) is 0 Å². The second-order valence-electron chi connectivity index (χ2n) is 6.33. The maximum Gasteiger partial charge on any atom is 0.241 e.